The van der Waals surface area contributed by atoms with Gasteiger partial charge in [0.25, 0.3) is 5.91 Å². The largest absolute Gasteiger partial charge is 0.497 e. The Morgan fingerprint density at radius 3 is 2.93 bits per heavy atom. The fourth-order valence-corrected chi connectivity index (χ4v) is 3.39. The van der Waals surface area contributed by atoms with Gasteiger partial charge in [0.1, 0.15) is 18.1 Å². The van der Waals surface area contributed by atoms with Gasteiger partial charge in [-0.1, -0.05) is 16.8 Å². The topological polar surface area (TPSA) is 68.0 Å². The summed E-state index contributed by atoms with van der Waals surface area (Å²) >= 11 is 6.15. The summed E-state index contributed by atoms with van der Waals surface area (Å²) in [5.41, 5.74) is 0.276. The van der Waals surface area contributed by atoms with E-state index in [1.807, 2.05) is 0 Å². The van der Waals surface area contributed by atoms with E-state index >= 15 is 0 Å². The first-order chi connectivity index (χ1) is 13.0. The van der Waals surface area contributed by atoms with Gasteiger partial charge < -0.3 is 23.8 Å². The second-order valence-corrected chi connectivity index (χ2v) is 7.13. The molecule has 3 rings (SSSR count). The molecule has 0 bridgehead atoms. The van der Waals surface area contributed by atoms with E-state index in [0.717, 1.165) is 13.0 Å². The molecule has 1 atom stereocenters. The SMILES string of the molecule is COc1ccc(OCc2cc(C(=O)N(C)CC3CCCN3C)no2)c(Cl)c1. The van der Waals surface area contributed by atoms with E-state index in [1.165, 1.54) is 6.42 Å². The Labute approximate surface area is 163 Å². The standard InChI is InChI=1S/C19H24ClN3O4/c1-22-8-4-5-13(22)11-23(2)19(24)17-10-15(27-21-17)12-26-18-7-6-14(25-3)9-16(18)20/h6-7,9-10,13H,4-5,8,11-12H2,1-3H3. The molecular weight excluding hydrogens is 370 g/mol. The predicted molar refractivity (Wildman–Crippen MR) is 101 cm³/mol. The molecule has 1 saturated heterocycles. The molecule has 2 heterocycles. The minimum atomic E-state index is -0.159. The van der Waals surface area contributed by atoms with Crippen molar-refractivity contribution < 1.29 is 18.8 Å². The molecule has 1 aromatic heterocycles. The summed E-state index contributed by atoms with van der Waals surface area (Å²) in [5.74, 6) is 1.45. The monoisotopic (exact) mass is 393 g/mol. The summed E-state index contributed by atoms with van der Waals surface area (Å²) in [4.78, 5) is 16.5. The average molecular weight is 394 g/mol. The van der Waals surface area contributed by atoms with Crippen molar-refractivity contribution in [3.8, 4) is 11.5 Å². The molecule has 27 heavy (non-hydrogen) atoms. The van der Waals surface area contributed by atoms with E-state index in [4.69, 9.17) is 25.6 Å². The molecule has 0 spiro atoms. The Kier molecular flexibility index (Phi) is 6.23. The third kappa shape index (κ3) is 4.73. The van der Waals surface area contributed by atoms with Gasteiger partial charge in [0.15, 0.2) is 11.5 Å². The first-order valence-electron chi connectivity index (χ1n) is 8.85. The number of rotatable bonds is 7. The second-order valence-electron chi connectivity index (χ2n) is 6.73. The summed E-state index contributed by atoms with van der Waals surface area (Å²) in [7, 11) is 5.45. The molecule has 1 unspecified atom stereocenters. The zero-order valence-corrected chi connectivity index (χ0v) is 16.5. The fraction of sp³-hybridized carbons (Fsp3) is 0.474. The number of aromatic nitrogens is 1. The molecule has 1 aromatic carbocycles. The summed E-state index contributed by atoms with van der Waals surface area (Å²) in [6, 6.07) is 7.14. The highest BCUT2D eigenvalue weighted by Crippen LogP contribution is 2.29. The second kappa shape index (κ2) is 8.63. The number of likely N-dealkylation sites (N-methyl/N-ethyl adjacent to an activating group) is 2. The van der Waals surface area contributed by atoms with E-state index in [2.05, 4.69) is 17.1 Å². The van der Waals surface area contributed by atoms with Gasteiger partial charge >= 0.3 is 0 Å². The molecule has 7 nitrogen and oxygen atoms in total. The molecule has 0 N–H and O–H groups in total. The number of amides is 1. The van der Waals surface area contributed by atoms with Crippen LogP contribution in [0.5, 0.6) is 11.5 Å². The molecule has 0 saturated carbocycles. The quantitative estimate of drug-likeness (QED) is 0.720. The number of ether oxygens (including phenoxy) is 2. The lowest BCUT2D eigenvalue weighted by Gasteiger charge is -2.25. The Morgan fingerprint density at radius 2 is 2.26 bits per heavy atom. The summed E-state index contributed by atoms with van der Waals surface area (Å²) in [6.07, 6.45) is 2.28. The van der Waals surface area contributed by atoms with Crippen molar-refractivity contribution in [1.82, 2.24) is 15.0 Å². The third-order valence-corrected chi connectivity index (χ3v) is 5.09. The molecule has 8 heteroatoms. The number of hydrogen-bond donors (Lipinski definition) is 0. The fourth-order valence-electron chi connectivity index (χ4n) is 3.16. The van der Waals surface area contributed by atoms with E-state index in [9.17, 15) is 4.79 Å². The lowest BCUT2D eigenvalue weighted by molar-refractivity contribution is 0.0751. The van der Waals surface area contributed by atoms with E-state index in [0.29, 0.717) is 34.9 Å². The molecule has 0 aliphatic carbocycles. The molecule has 1 aliphatic rings. The van der Waals surface area contributed by atoms with Crippen LogP contribution >= 0.6 is 11.6 Å². The van der Waals surface area contributed by atoms with Gasteiger partial charge in [0.2, 0.25) is 0 Å². The number of halogens is 1. The first kappa shape index (κ1) is 19.5. The van der Waals surface area contributed by atoms with Crippen LogP contribution < -0.4 is 9.47 Å². The van der Waals surface area contributed by atoms with Gasteiger partial charge in [-0.3, -0.25) is 4.79 Å². The van der Waals surface area contributed by atoms with Gasteiger partial charge in [-0.15, -0.1) is 0 Å². The first-order valence-corrected chi connectivity index (χ1v) is 9.23. The lowest BCUT2D eigenvalue weighted by atomic mass is 10.2. The van der Waals surface area contributed by atoms with Crippen molar-refractivity contribution in [3.05, 3.63) is 40.7 Å². The van der Waals surface area contributed by atoms with Gasteiger partial charge in [0.05, 0.1) is 12.1 Å². The maximum absolute atomic E-state index is 12.6. The number of methoxy groups -OCH3 is 1. The molecule has 1 aliphatic heterocycles. The highest BCUT2D eigenvalue weighted by atomic mass is 35.5. The molecule has 1 fully saturated rings. The Hall–Kier alpha value is -2.25. The highest BCUT2D eigenvalue weighted by Gasteiger charge is 2.25. The number of hydrogen-bond acceptors (Lipinski definition) is 6. The van der Waals surface area contributed by atoms with Gasteiger partial charge in [-0.25, -0.2) is 0 Å². The summed E-state index contributed by atoms with van der Waals surface area (Å²) in [5, 5.41) is 4.32. The van der Waals surface area contributed by atoms with Crippen molar-refractivity contribution in [2.75, 3.05) is 34.3 Å². The molecule has 1 amide bonds. The number of carbonyl (C=O) groups is 1. The van der Waals surface area contributed by atoms with Crippen LogP contribution in [0.25, 0.3) is 0 Å². The minimum absolute atomic E-state index is 0.126. The van der Waals surface area contributed by atoms with Crippen LogP contribution in [-0.2, 0) is 6.61 Å². The number of likely N-dealkylation sites (tertiary alicyclic amines) is 1. The van der Waals surface area contributed by atoms with Crippen molar-refractivity contribution >= 4 is 17.5 Å². The number of nitrogens with zero attached hydrogens (tertiary/aromatic N) is 3. The zero-order chi connectivity index (χ0) is 19.4. The third-order valence-electron chi connectivity index (χ3n) is 4.79. The maximum atomic E-state index is 12.6. The lowest BCUT2D eigenvalue weighted by Crippen LogP contribution is -2.39. The molecule has 146 valence electrons. The van der Waals surface area contributed by atoms with Crippen molar-refractivity contribution in [2.45, 2.75) is 25.5 Å². The predicted octanol–water partition coefficient (Wildman–Crippen LogP) is 3.08. The number of carbonyl (C=O) groups excluding carboxylic acids is 1. The van der Waals surface area contributed by atoms with Crippen molar-refractivity contribution in [2.24, 2.45) is 0 Å². The number of benzene rings is 1. The van der Waals surface area contributed by atoms with Crippen LogP contribution in [0.3, 0.4) is 0 Å². The maximum Gasteiger partial charge on any atom is 0.275 e. The van der Waals surface area contributed by atoms with Crippen LogP contribution in [0.15, 0.2) is 28.8 Å². The molecule has 2 aromatic rings. The van der Waals surface area contributed by atoms with Crippen LogP contribution in [0, 0.1) is 0 Å². The van der Waals surface area contributed by atoms with Gasteiger partial charge in [0, 0.05) is 31.8 Å². The van der Waals surface area contributed by atoms with Crippen LogP contribution in [0.4, 0.5) is 0 Å². The highest BCUT2D eigenvalue weighted by molar-refractivity contribution is 6.32. The van der Waals surface area contributed by atoms with Crippen LogP contribution in [0.1, 0.15) is 29.1 Å². The summed E-state index contributed by atoms with van der Waals surface area (Å²) in [6.45, 7) is 1.88. The summed E-state index contributed by atoms with van der Waals surface area (Å²) < 4.78 is 16.0. The smallest absolute Gasteiger partial charge is 0.275 e. The van der Waals surface area contributed by atoms with E-state index in [-0.39, 0.29) is 18.2 Å². The van der Waals surface area contributed by atoms with E-state index < -0.39 is 0 Å². The van der Waals surface area contributed by atoms with Crippen LogP contribution in [-0.4, -0.2) is 61.2 Å². The minimum Gasteiger partial charge on any atom is -0.497 e. The average Bonchev–Trinajstić information content (AvgIpc) is 3.29. The van der Waals surface area contributed by atoms with Crippen molar-refractivity contribution in [3.63, 3.8) is 0 Å². The Balaban J connectivity index is 1.56. The van der Waals surface area contributed by atoms with Gasteiger partial charge in [-0.05, 0) is 38.6 Å². The van der Waals surface area contributed by atoms with E-state index in [1.54, 1.807) is 43.3 Å². The molecular formula is C19H24ClN3O4. The zero-order valence-electron chi connectivity index (χ0n) is 15.8. The van der Waals surface area contributed by atoms with Crippen molar-refractivity contribution in [1.29, 1.82) is 0 Å². The Bertz CT molecular complexity index is 795. The Morgan fingerprint density at radius 1 is 1.44 bits per heavy atom. The normalized spacial score (nSPS) is 17.1. The van der Waals surface area contributed by atoms with Crippen LogP contribution in [0.2, 0.25) is 5.02 Å². The molecule has 0 radical (unpaired) electrons. The van der Waals surface area contributed by atoms with Gasteiger partial charge in [-0.2, -0.15) is 0 Å².